The van der Waals surface area contributed by atoms with Gasteiger partial charge >= 0.3 is 18.1 Å². The lowest BCUT2D eigenvalue weighted by Gasteiger charge is -2.32. The van der Waals surface area contributed by atoms with E-state index in [1.165, 1.54) is 14.7 Å². The van der Waals surface area contributed by atoms with Gasteiger partial charge in [0.15, 0.2) is 5.82 Å². The van der Waals surface area contributed by atoms with E-state index < -0.39 is 18.1 Å². The van der Waals surface area contributed by atoms with Crippen LogP contribution in [-0.4, -0.2) is 88.8 Å². The van der Waals surface area contributed by atoms with Crippen LogP contribution in [0.4, 0.5) is 27.0 Å². The van der Waals surface area contributed by atoms with Crippen molar-refractivity contribution in [2.75, 3.05) is 48.8 Å². The molecule has 0 unspecified atom stereocenters. The Morgan fingerprint density at radius 1 is 1.12 bits per heavy atom. The summed E-state index contributed by atoms with van der Waals surface area (Å²) in [5, 5.41) is 13.2. The second kappa shape index (κ2) is 13.6. The van der Waals surface area contributed by atoms with E-state index in [1.54, 1.807) is 50.8 Å². The highest BCUT2D eigenvalue weighted by atomic mass is 16.6. The Morgan fingerprint density at radius 3 is 2.33 bits per heavy atom. The first kappa shape index (κ1) is 30.2. The third-order valence-electron chi connectivity index (χ3n) is 6.40. The molecule has 0 saturated heterocycles. The Kier molecular flexibility index (Phi) is 10.3. The summed E-state index contributed by atoms with van der Waals surface area (Å²) in [6, 6.07) is 5.13. The van der Waals surface area contributed by atoms with Crippen LogP contribution in [0, 0.1) is 0 Å². The van der Waals surface area contributed by atoms with Crippen molar-refractivity contribution < 1.29 is 24.2 Å². The Balaban J connectivity index is 1.88. The van der Waals surface area contributed by atoms with Crippen molar-refractivity contribution in [1.29, 1.82) is 0 Å². The molecule has 40 heavy (non-hydrogen) atoms. The molecule has 2 N–H and O–H groups in total. The standard InChI is InChI=1S/C28H39N7O5/c1-7-33(8-2)26-29-18-23(35(19(3)4)27(38)32(5)6)24(31-26)30-22(25(36)37)17-20-11-13-21(14-12-20)40-28(39)34-15-9-10-16-34/h9,11-15,18-19,22H,7-8,10,16-17H2,1-6H3,(H,36,37)(H,29,30,31)/t22-/m0/s1. The van der Waals surface area contributed by atoms with Gasteiger partial charge in [-0.05, 0) is 51.8 Å². The molecule has 2 heterocycles. The first-order chi connectivity index (χ1) is 19.0. The number of carbonyl (C=O) groups excluding carboxylic acids is 2. The lowest BCUT2D eigenvalue weighted by molar-refractivity contribution is -0.137. The predicted molar refractivity (Wildman–Crippen MR) is 154 cm³/mol. The number of nitrogens with one attached hydrogen (secondary N) is 1. The minimum atomic E-state index is -1.08. The van der Waals surface area contributed by atoms with E-state index in [4.69, 9.17) is 4.74 Å². The lowest BCUT2D eigenvalue weighted by atomic mass is 10.1. The van der Waals surface area contributed by atoms with Crippen LogP contribution in [0.25, 0.3) is 0 Å². The number of amides is 3. The van der Waals surface area contributed by atoms with Crippen molar-refractivity contribution in [3.63, 3.8) is 0 Å². The second-order valence-electron chi connectivity index (χ2n) is 9.83. The van der Waals surface area contributed by atoms with E-state index in [1.807, 2.05) is 38.7 Å². The molecular weight excluding hydrogens is 514 g/mol. The molecule has 1 atom stereocenters. The highest BCUT2D eigenvalue weighted by Gasteiger charge is 2.28. The molecule has 3 amide bonds. The van der Waals surface area contributed by atoms with Crippen LogP contribution in [0.1, 0.15) is 39.7 Å². The molecule has 0 radical (unpaired) electrons. The number of carboxylic acid groups (broad SMARTS) is 1. The van der Waals surface area contributed by atoms with Crippen LogP contribution in [-0.2, 0) is 11.2 Å². The largest absolute Gasteiger partial charge is 0.480 e. The molecule has 2 aromatic rings. The normalized spacial score (nSPS) is 13.2. The number of hydrogen-bond acceptors (Lipinski definition) is 8. The zero-order valence-corrected chi connectivity index (χ0v) is 24.0. The summed E-state index contributed by atoms with van der Waals surface area (Å²) < 4.78 is 5.41. The average molecular weight is 554 g/mol. The number of benzene rings is 1. The molecule has 0 aliphatic carbocycles. The fourth-order valence-electron chi connectivity index (χ4n) is 4.22. The molecular formula is C28H39N7O5. The number of rotatable bonds is 11. The molecule has 1 aliphatic rings. The minimum absolute atomic E-state index is 0.117. The third-order valence-corrected chi connectivity index (χ3v) is 6.40. The van der Waals surface area contributed by atoms with Crippen molar-refractivity contribution in [3.05, 3.63) is 48.3 Å². The van der Waals surface area contributed by atoms with Crippen LogP contribution >= 0.6 is 0 Å². The number of ether oxygens (including phenoxy) is 1. The van der Waals surface area contributed by atoms with E-state index in [2.05, 4.69) is 15.3 Å². The first-order valence-electron chi connectivity index (χ1n) is 13.4. The zero-order chi connectivity index (χ0) is 29.4. The van der Waals surface area contributed by atoms with Crippen LogP contribution in [0.15, 0.2) is 42.7 Å². The molecule has 12 heteroatoms. The Labute approximate surface area is 235 Å². The fraction of sp³-hybridized carbons (Fsp3) is 0.464. The fourth-order valence-corrected chi connectivity index (χ4v) is 4.22. The maximum Gasteiger partial charge on any atom is 0.419 e. The number of aromatic nitrogens is 2. The van der Waals surface area contributed by atoms with Crippen molar-refractivity contribution in [2.45, 2.75) is 52.6 Å². The van der Waals surface area contributed by atoms with Gasteiger partial charge in [-0.25, -0.2) is 19.4 Å². The highest BCUT2D eigenvalue weighted by Crippen LogP contribution is 2.29. The molecule has 0 bridgehead atoms. The van der Waals surface area contributed by atoms with Crippen molar-refractivity contribution in [3.8, 4) is 5.75 Å². The van der Waals surface area contributed by atoms with Gasteiger partial charge in [0.2, 0.25) is 5.95 Å². The highest BCUT2D eigenvalue weighted by molar-refractivity contribution is 5.95. The van der Waals surface area contributed by atoms with Crippen LogP contribution in [0.3, 0.4) is 0 Å². The number of nitrogens with zero attached hydrogens (tertiary/aromatic N) is 6. The molecule has 0 spiro atoms. The van der Waals surface area contributed by atoms with Gasteiger partial charge in [-0.2, -0.15) is 4.98 Å². The predicted octanol–water partition coefficient (Wildman–Crippen LogP) is 4.05. The molecule has 1 aromatic heterocycles. The monoisotopic (exact) mass is 553 g/mol. The van der Waals surface area contributed by atoms with Gasteiger partial charge in [-0.15, -0.1) is 0 Å². The van der Waals surface area contributed by atoms with Gasteiger partial charge in [0, 0.05) is 52.4 Å². The molecule has 1 aliphatic heterocycles. The van der Waals surface area contributed by atoms with Gasteiger partial charge in [-0.3, -0.25) is 9.80 Å². The maximum absolute atomic E-state index is 13.1. The Morgan fingerprint density at radius 2 is 1.80 bits per heavy atom. The van der Waals surface area contributed by atoms with Gasteiger partial charge in [0.05, 0.1) is 6.20 Å². The van der Waals surface area contributed by atoms with E-state index in [9.17, 15) is 19.5 Å². The van der Waals surface area contributed by atoms with Gasteiger partial charge in [-0.1, -0.05) is 18.2 Å². The number of aliphatic carboxylic acids is 1. The molecule has 1 aromatic carbocycles. The topological polar surface area (TPSA) is 131 Å². The third kappa shape index (κ3) is 7.39. The van der Waals surface area contributed by atoms with Crippen molar-refractivity contribution >= 4 is 35.5 Å². The summed E-state index contributed by atoms with van der Waals surface area (Å²) in [7, 11) is 3.30. The summed E-state index contributed by atoms with van der Waals surface area (Å²) in [6.07, 6.45) is 5.59. The Bertz CT molecular complexity index is 1210. The van der Waals surface area contributed by atoms with E-state index in [0.717, 1.165) is 6.42 Å². The molecule has 0 fully saturated rings. The quantitative estimate of drug-likeness (QED) is 0.423. The van der Waals surface area contributed by atoms with Gasteiger partial charge < -0.3 is 25.0 Å². The average Bonchev–Trinajstić information content (AvgIpc) is 3.46. The molecule has 216 valence electrons. The summed E-state index contributed by atoms with van der Waals surface area (Å²) in [5.41, 5.74) is 1.10. The maximum atomic E-state index is 13.1. The summed E-state index contributed by atoms with van der Waals surface area (Å²) in [6.45, 7) is 9.59. The zero-order valence-electron chi connectivity index (χ0n) is 24.0. The number of urea groups is 1. The van der Waals surface area contributed by atoms with E-state index >= 15 is 0 Å². The van der Waals surface area contributed by atoms with Crippen LogP contribution < -0.4 is 19.9 Å². The summed E-state index contributed by atoms with van der Waals surface area (Å²) in [5.74, 6) is -0.0382. The second-order valence-corrected chi connectivity index (χ2v) is 9.83. The van der Waals surface area contributed by atoms with Crippen molar-refractivity contribution in [1.82, 2.24) is 19.8 Å². The minimum Gasteiger partial charge on any atom is -0.480 e. The van der Waals surface area contributed by atoms with Crippen LogP contribution in [0.5, 0.6) is 5.75 Å². The van der Waals surface area contributed by atoms with Gasteiger partial charge in [0.1, 0.15) is 17.5 Å². The van der Waals surface area contributed by atoms with E-state index in [0.29, 0.717) is 42.6 Å². The number of anilines is 3. The summed E-state index contributed by atoms with van der Waals surface area (Å²) in [4.78, 5) is 53.2. The first-order valence-corrected chi connectivity index (χ1v) is 13.4. The van der Waals surface area contributed by atoms with Crippen molar-refractivity contribution in [2.24, 2.45) is 0 Å². The SMILES string of the molecule is CCN(CC)c1ncc(N(C(=O)N(C)C)C(C)C)c(N[C@@H](Cc2ccc(OC(=O)N3C=CCC3)cc2)C(=O)O)n1. The number of hydrogen-bond donors (Lipinski definition) is 2. The molecule has 3 rings (SSSR count). The van der Waals surface area contributed by atoms with E-state index in [-0.39, 0.29) is 24.3 Å². The number of carbonyl (C=O) groups is 3. The number of carboxylic acids is 1. The molecule has 0 saturated carbocycles. The Hall–Kier alpha value is -4.35. The smallest absolute Gasteiger partial charge is 0.419 e. The van der Waals surface area contributed by atoms with Crippen LogP contribution in [0.2, 0.25) is 0 Å². The summed E-state index contributed by atoms with van der Waals surface area (Å²) >= 11 is 0. The lowest BCUT2D eigenvalue weighted by Crippen LogP contribution is -2.44. The molecule has 12 nitrogen and oxygen atoms in total. The van der Waals surface area contributed by atoms with Gasteiger partial charge in [0.25, 0.3) is 0 Å².